The van der Waals surface area contributed by atoms with Gasteiger partial charge in [-0.05, 0) is 63.0 Å². The summed E-state index contributed by atoms with van der Waals surface area (Å²) in [5.41, 5.74) is 1.88. The van der Waals surface area contributed by atoms with E-state index in [1.54, 1.807) is 0 Å². The van der Waals surface area contributed by atoms with Gasteiger partial charge in [0.1, 0.15) is 5.75 Å². The standard InChI is InChI=1S/C16H22N2O/c1-2-19-16-7-6-14(13-17)12-15(16)8-11-18-9-4-3-5-10-18/h6-7,12H,2-5,8-11H2,1H3. The maximum absolute atomic E-state index is 9.00. The van der Waals surface area contributed by atoms with E-state index in [2.05, 4.69) is 11.0 Å². The molecule has 102 valence electrons. The van der Waals surface area contributed by atoms with E-state index < -0.39 is 0 Å². The van der Waals surface area contributed by atoms with Crippen LogP contribution in [0.1, 0.15) is 37.3 Å². The lowest BCUT2D eigenvalue weighted by molar-refractivity contribution is 0.230. The second-order valence-electron chi connectivity index (χ2n) is 5.02. The molecular formula is C16H22N2O. The first-order valence-electron chi connectivity index (χ1n) is 7.21. The van der Waals surface area contributed by atoms with E-state index in [0.717, 1.165) is 29.8 Å². The molecule has 19 heavy (non-hydrogen) atoms. The first kappa shape index (κ1) is 13.9. The molecule has 1 fully saturated rings. The van der Waals surface area contributed by atoms with Crippen LogP contribution in [0.15, 0.2) is 18.2 Å². The van der Waals surface area contributed by atoms with Gasteiger partial charge in [0.05, 0.1) is 18.2 Å². The Bertz CT molecular complexity index is 445. The van der Waals surface area contributed by atoms with Gasteiger partial charge in [0.15, 0.2) is 0 Å². The van der Waals surface area contributed by atoms with Crippen LogP contribution in [0.25, 0.3) is 0 Å². The van der Waals surface area contributed by atoms with Gasteiger partial charge in [-0.2, -0.15) is 5.26 Å². The van der Waals surface area contributed by atoms with Crippen molar-refractivity contribution in [3.8, 4) is 11.8 Å². The number of hydrogen-bond acceptors (Lipinski definition) is 3. The molecular weight excluding hydrogens is 236 g/mol. The number of benzene rings is 1. The van der Waals surface area contributed by atoms with Gasteiger partial charge < -0.3 is 9.64 Å². The molecule has 0 N–H and O–H groups in total. The van der Waals surface area contributed by atoms with Crippen LogP contribution in [0.3, 0.4) is 0 Å². The zero-order chi connectivity index (χ0) is 13.5. The summed E-state index contributed by atoms with van der Waals surface area (Å²) in [6, 6.07) is 7.93. The Morgan fingerprint density at radius 3 is 2.74 bits per heavy atom. The van der Waals surface area contributed by atoms with Gasteiger partial charge in [-0.3, -0.25) is 0 Å². The minimum atomic E-state index is 0.669. The summed E-state index contributed by atoms with van der Waals surface area (Å²) >= 11 is 0. The Hall–Kier alpha value is -1.53. The lowest BCUT2D eigenvalue weighted by Crippen LogP contribution is -2.31. The molecule has 1 aliphatic heterocycles. The Morgan fingerprint density at radius 1 is 1.26 bits per heavy atom. The van der Waals surface area contributed by atoms with Crippen molar-refractivity contribution in [3.05, 3.63) is 29.3 Å². The molecule has 0 saturated carbocycles. The third-order valence-corrected chi connectivity index (χ3v) is 3.64. The average molecular weight is 258 g/mol. The molecule has 0 amide bonds. The van der Waals surface area contributed by atoms with Crippen molar-refractivity contribution in [2.24, 2.45) is 0 Å². The van der Waals surface area contributed by atoms with E-state index in [1.807, 2.05) is 25.1 Å². The molecule has 3 nitrogen and oxygen atoms in total. The lowest BCUT2D eigenvalue weighted by atomic mass is 10.1. The second-order valence-corrected chi connectivity index (χ2v) is 5.02. The summed E-state index contributed by atoms with van der Waals surface area (Å²) in [5, 5.41) is 9.00. The molecule has 1 aliphatic rings. The van der Waals surface area contributed by atoms with Crippen molar-refractivity contribution >= 4 is 0 Å². The van der Waals surface area contributed by atoms with Crippen LogP contribution in [0.4, 0.5) is 0 Å². The summed E-state index contributed by atoms with van der Waals surface area (Å²) in [6.45, 7) is 6.15. The van der Waals surface area contributed by atoms with E-state index in [0.29, 0.717) is 6.61 Å². The number of piperidine rings is 1. The molecule has 1 aromatic rings. The second kappa shape index (κ2) is 7.16. The van der Waals surface area contributed by atoms with E-state index in [9.17, 15) is 0 Å². The molecule has 3 heteroatoms. The number of ether oxygens (including phenoxy) is 1. The minimum absolute atomic E-state index is 0.669. The van der Waals surface area contributed by atoms with E-state index in [4.69, 9.17) is 10.00 Å². The van der Waals surface area contributed by atoms with Gasteiger partial charge >= 0.3 is 0 Å². The quantitative estimate of drug-likeness (QED) is 0.814. The molecule has 0 aromatic heterocycles. The number of hydrogen-bond donors (Lipinski definition) is 0. The third kappa shape index (κ3) is 3.97. The highest BCUT2D eigenvalue weighted by molar-refractivity contribution is 5.42. The third-order valence-electron chi connectivity index (χ3n) is 3.64. The summed E-state index contributed by atoms with van der Waals surface area (Å²) in [7, 11) is 0. The molecule has 0 atom stereocenters. The largest absolute Gasteiger partial charge is 0.494 e. The van der Waals surface area contributed by atoms with Crippen LogP contribution in [0, 0.1) is 11.3 Å². The normalized spacial score (nSPS) is 16.0. The van der Waals surface area contributed by atoms with Gasteiger partial charge in [0, 0.05) is 6.54 Å². The number of likely N-dealkylation sites (tertiary alicyclic amines) is 1. The van der Waals surface area contributed by atoms with E-state index in [-0.39, 0.29) is 0 Å². The maximum Gasteiger partial charge on any atom is 0.122 e. The monoisotopic (exact) mass is 258 g/mol. The first-order valence-corrected chi connectivity index (χ1v) is 7.21. The van der Waals surface area contributed by atoms with Crippen LogP contribution in [-0.2, 0) is 6.42 Å². The van der Waals surface area contributed by atoms with Crippen LogP contribution in [0.2, 0.25) is 0 Å². The van der Waals surface area contributed by atoms with Crippen molar-refractivity contribution in [1.82, 2.24) is 4.90 Å². The number of nitrogens with zero attached hydrogens (tertiary/aromatic N) is 2. The fraction of sp³-hybridized carbons (Fsp3) is 0.562. The highest BCUT2D eigenvalue weighted by atomic mass is 16.5. The zero-order valence-corrected chi connectivity index (χ0v) is 11.7. The van der Waals surface area contributed by atoms with Gasteiger partial charge in [-0.25, -0.2) is 0 Å². The maximum atomic E-state index is 9.00. The van der Waals surface area contributed by atoms with Gasteiger partial charge in [-0.15, -0.1) is 0 Å². The molecule has 1 heterocycles. The van der Waals surface area contributed by atoms with Crippen molar-refractivity contribution < 1.29 is 4.74 Å². The van der Waals surface area contributed by atoms with Crippen molar-refractivity contribution in [1.29, 1.82) is 5.26 Å². The van der Waals surface area contributed by atoms with Crippen molar-refractivity contribution in [2.45, 2.75) is 32.6 Å². The van der Waals surface area contributed by atoms with Crippen LogP contribution in [-0.4, -0.2) is 31.1 Å². The van der Waals surface area contributed by atoms with E-state index >= 15 is 0 Å². The Balaban J connectivity index is 2.02. The predicted molar refractivity (Wildman–Crippen MR) is 76.3 cm³/mol. The number of rotatable bonds is 5. The average Bonchev–Trinajstić information content (AvgIpc) is 2.47. The molecule has 0 unspecified atom stereocenters. The van der Waals surface area contributed by atoms with Crippen molar-refractivity contribution in [2.75, 3.05) is 26.2 Å². The lowest BCUT2D eigenvalue weighted by Gasteiger charge is -2.26. The Morgan fingerprint density at radius 2 is 2.05 bits per heavy atom. The van der Waals surface area contributed by atoms with Crippen LogP contribution < -0.4 is 4.74 Å². The van der Waals surface area contributed by atoms with Gasteiger partial charge in [0.25, 0.3) is 0 Å². The molecule has 0 bridgehead atoms. The highest BCUT2D eigenvalue weighted by Gasteiger charge is 2.11. The highest BCUT2D eigenvalue weighted by Crippen LogP contribution is 2.21. The fourth-order valence-corrected chi connectivity index (χ4v) is 2.60. The van der Waals surface area contributed by atoms with Gasteiger partial charge in [0.2, 0.25) is 0 Å². The SMILES string of the molecule is CCOc1ccc(C#N)cc1CCN1CCCCC1. The fourth-order valence-electron chi connectivity index (χ4n) is 2.60. The first-order chi connectivity index (χ1) is 9.33. The Kier molecular flexibility index (Phi) is 5.23. The van der Waals surface area contributed by atoms with Gasteiger partial charge in [-0.1, -0.05) is 6.42 Å². The smallest absolute Gasteiger partial charge is 0.122 e. The van der Waals surface area contributed by atoms with Crippen LogP contribution >= 0.6 is 0 Å². The Labute approximate surface area is 115 Å². The summed E-state index contributed by atoms with van der Waals surface area (Å²) in [4.78, 5) is 2.51. The van der Waals surface area contributed by atoms with Crippen molar-refractivity contribution in [3.63, 3.8) is 0 Å². The molecule has 0 radical (unpaired) electrons. The summed E-state index contributed by atoms with van der Waals surface area (Å²) < 4.78 is 5.65. The molecule has 2 rings (SSSR count). The molecule has 1 aromatic carbocycles. The zero-order valence-electron chi connectivity index (χ0n) is 11.7. The summed E-state index contributed by atoms with van der Waals surface area (Å²) in [6.07, 6.45) is 4.96. The van der Waals surface area contributed by atoms with Crippen LogP contribution in [0.5, 0.6) is 5.75 Å². The molecule has 0 aliphatic carbocycles. The molecule has 0 spiro atoms. The minimum Gasteiger partial charge on any atom is -0.494 e. The topological polar surface area (TPSA) is 36.3 Å². The number of nitriles is 1. The summed E-state index contributed by atoms with van der Waals surface area (Å²) in [5.74, 6) is 0.929. The van der Waals surface area contributed by atoms with E-state index in [1.165, 1.54) is 32.4 Å². The predicted octanol–water partition coefficient (Wildman–Crippen LogP) is 2.99. The molecule has 1 saturated heterocycles.